The van der Waals surface area contributed by atoms with E-state index in [1.54, 1.807) is 16.2 Å². The van der Waals surface area contributed by atoms with Crippen LogP contribution in [-0.2, 0) is 0 Å². The predicted molar refractivity (Wildman–Crippen MR) is 104 cm³/mol. The summed E-state index contributed by atoms with van der Waals surface area (Å²) in [7, 11) is 0. The predicted octanol–water partition coefficient (Wildman–Crippen LogP) is 3.87. The fraction of sp³-hybridized carbons (Fsp3) is 0.450. The van der Waals surface area contributed by atoms with Gasteiger partial charge in [-0.25, -0.2) is 9.78 Å². The molecule has 1 atom stereocenters. The first kappa shape index (κ1) is 18.0. The molecule has 1 saturated heterocycles. The molecule has 0 spiro atoms. The zero-order valence-corrected chi connectivity index (χ0v) is 16.1. The van der Waals surface area contributed by atoms with Gasteiger partial charge in [0.15, 0.2) is 0 Å². The summed E-state index contributed by atoms with van der Waals surface area (Å²) in [6.45, 7) is 3.08. The summed E-state index contributed by atoms with van der Waals surface area (Å²) in [5.74, 6) is 0.398. The lowest BCUT2D eigenvalue weighted by Gasteiger charge is -2.32. The van der Waals surface area contributed by atoms with Crippen molar-refractivity contribution in [2.24, 2.45) is 0 Å². The molecular weight excluding hydrogens is 362 g/mol. The zero-order chi connectivity index (χ0) is 19.0. The lowest BCUT2D eigenvalue weighted by atomic mass is 10.0. The summed E-state index contributed by atoms with van der Waals surface area (Å²) in [4.78, 5) is 31.6. The maximum Gasteiger partial charge on any atom is 0.404 e. The van der Waals surface area contributed by atoms with Crippen molar-refractivity contribution in [3.05, 3.63) is 40.5 Å². The number of nitrogens with zero attached hydrogens (tertiary/aromatic N) is 2. The minimum Gasteiger partial charge on any atom is -0.465 e. The van der Waals surface area contributed by atoms with Crippen LogP contribution in [0, 0.1) is 6.92 Å². The Labute approximate surface area is 162 Å². The number of carboxylic acid groups (broad SMARTS) is 1. The van der Waals surface area contributed by atoms with Gasteiger partial charge < -0.3 is 15.3 Å². The molecule has 2 heterocycles. The third-order valence-electron chi connectivity index (χ3n) is 5.09. The molecule has 1 aromatic carbocycles. The monoisotopic (exact) mass is 385 g/mol. The van der Waals surface area contributed by atoms with E-state index in [4.69, 9.17) is 10.1 Å². The largest absolute Gasteiger partial charge is 0.465 e. The number of likely N-dealkylation sites (tertiary alicyclic amines) is 1. The molecule has 2 aromatic rings. The highest BCUT2D eigenvalue weighted by molar-refractivity contribution is 7.15. The summed E-state index contributed by atoms with van der Waals surface area (Å²) in [5.41, 5.74) is 2.69. The van der Waals surface area contributed by atoms with E-state index >= 15 is 0 Å². The molecule has 2 fully saturated rings. The van der Waals surface area contributed by atoms with Crippen molar-refractivity contribution in [1.82, 2.24) is 15.2 Å². The van der Waals surface area contributed by atoms with Crippen molar-refractivity contribution in [3.8, 4) is 10.4 Å². The van der Waals surface area contributed by atoms with Crippen LogP contribution in [0.2, 0.25) is 0 Å². The minimum absolute atomic E-state index is 0.0912. The first-order chi connectivity index (χ1) is 13.0. The van der Waals surface area contributed by atoms with Crippen LogP contribution in [0.4, 0.5) is 4.79 Å². The Kier molecular flexibility index (Phi) is 4.86. The van der Waals surface area contributed by atoms with Gasteiger partial charge in [0.25, 0.3) is 5.91 Å². The van der Waals surface area contributed by atoms with Gasteiger partial charge in [-0.3, -0.25) is 4.79 Å². The average Bonchev–Trinajstić information content (AvgIpc) is 3.39. The van der Waals surface area contributed by atoms with E-state index in [1.165, 1.54) is 0 Å². The standard InChI is InChI=1S/C20H23N3O3S/c1-12-4-2-5-14(10-12)17-16(22-18(27-17)13-7-8-13)19(24)23-9-3-6-15(11-23)21-20(25)26/h2,4-5,10,13,15,21H,3,6-9,11H2,1H3,(H,25,26)/t15-/m1/s1. The number of aryl methyl sites for hydroxylation is 1. The number of thiazole rings is 1. The number of hydrogen-bond acceptors (Lipinski definition) is 4. The molecule has 1 aliphatic heterocycles. The van der Waals surface area contributed by atoms with Gasteiger partial charge in [0.1, 0.15) is 5.69 Å². The van der Waals surface area contributed by atoms with Crippen molar-refractivity contribution < 1.29 is 14.7 Å². The number of carbonyl (C=O) groups excluding carboxylic acids is 1. The molecule has 142 valence electrons. The molecule has 2 aliphatic rings. The molecule has 1 aromatic heterocycles. The summed E-state index contributed by atoms with van der Waals surface area (Å²) in [6, 6.07) is 7.94. The highest BCUT2D eigenvalue weighted by atomic mass is 32.1. The van der Waals surface area contributed by atoms with Gasteiger partial charge in [-0.05, 0) is 38.2 Å². The number of amides is 2. The highest BCUT2D eigenvalue weighted by Crippen LogP contribution is 2.45. The van der Waals surface area contributed by atoms with Gasteiger partial charge in [-0.1, -0.05) is 29.8 Å². The fourth-order valence-corrected chi connectivity index (χ4v) is 4.80. The average molecular weight is 385 g/mol. The topological polar surface area (TPSA) is 82.5 Å². The molecule has 0 radical (unpaired) electrons. The zero-order valence-electron chi connectivity index (χ0n) is 15.3. The molecule has 2 N–H and O–H groups in total. The summed E-state index contributed by atoms with van der Waals surface area (Å²) in [6.07, 6.45) is 2.78. The molecule has 6 nitrogen and oxygen atoms in total. The quantitative estimate of drug-likeness (QED) is 0.837. The van der Waals surface area contributed by atoms with E-state index in [2.05, 4.69) is 11.4 Å². The molecule has 4 rings (SSSR count). The Morgan fingerprint density at radius 3 is 2.81 bits per heavy atom. The normalized spacial score (nSPS) is 19.7. The Hall–Kier alpha value is -2.41. The van der Waals surface area contributed by atoms with Crippen molar-refractivity contribution in [2.75, 3.05) is 13.1 Å². The number of hydrogen-bond donors (Lipinski definition) is 2. The molecule has 27 heavy (non-hydrogen) atoms. The number of piperidine rings is 1. The molecule has 1 saturated carbocycles. The molecule has 0 unspecified atom stereocenters. The Balaban J connectivity index is 1.63. The van der Waals surface area contributed by atoms with Gasteiger partial charge in [0.2, 0.25) is 0 Å². The lowest BCUT2D eigenvalue weighted by Crippen LogP contribution is -2.49. The van der Waals surface area contributed by atoms with Gasteiger partial charge >= 0.3 is 6.09 Å². The van der Waals surface area contributed by atoms with Gasteiger partial charge in [0.05, 0.1) is 9.88 Å². The number of nitrogens with one attached hydrogen (secondary N) is 1. The van der Waals surface area contributed by atoms with Gasteiger partial charge in [-0.15, -0.1) is 11.3 Å². The first-order valence-electron chi connectivity index (χ1n) is 9.38. The van der Waals surface area contributed by atoms with Crippen LogP contribution in [0.15, 0.2) is 24.3 Å². The summed E-state index contributed by atoms with van der Waals surface area (Å²) >= 11 is 1.63. The molecular formula is C20H23N3O3S. The van der Waals surface area contributed by atoms with E-state index in [0.29, 0.717) is 24.7 Å². The number of benzene rings is 1. The third-order valence-corrected chi connectivity index (χ3v) is 6.36. The van der Waals surface area contributed by atoms with E-state index < -0.39 is 6.09 Å². The fourth-order valence-electron chi connectivity index (χ4n) is 3.57. The van der Waals surface area contributed by atoms with Crippen LogP contribution >= 0.6 is 11.3 Å². The SMILES string of the molecule is Cc1cccc(-c2sc(C3CC3)nc2C(=O)N2CCC[C@@H](NC(=O)O)C2)c1. The molecule has 2 amide bonds. The van der Waals surface area contributed by atoms with E-state index in [1.807, 2.05) is 25.1 Å². The second-order valence-corrected chi connectivity index (χ2v) is 8.44. The van der Waals surface area contributed by atoms with Crippen LogP contribution in [0.5, 0.6) is 0 Å². The maximum atomic E-state index is 13.3. The Morgan fingerprint density at radius 1 is 1.30 bits per heavy atom. The van der Waals surface area contributed by atoms with E-state index in [9.17, 15) is 9.59 Å². The van der Waals surface area contributed by atoms with Gasteiger partial charge in [-0.2, -0.15) is 0 Å². The van der Waals surface area contributed by atoms with Crippen LogP contribution in [-0.4, -0.2) is 46.1 Å². The lowest BCUT2D eigenvalue weighted by molar-refractivity contribution is 0.0687. The van der Waals surface area contributed by atoms with Crippen LogP contribution in [0.3, 0.4) is 0 Å². The van der Waals surface area contributed by atoms with Crippen molar-refractivity contribution >= 4 is 23.3 Å². The first-order valence-corrected chi connectivity index (χ1v) is 10.2. The minimum atomic E-state index is -1.04. The molecule has 0 bridgehead atoms. The van der Waals surface area contributed by atoms with Crippen molar-refractivity contribution in [2.45, 2.75) is 44.6 Å². The third kappa shape index (κ3) is 3.98. The van der Waals surface area contributed by atoms with E-state index in [-0.39, 0.29) is 11.9 Å². The molecule has 1 aliphatic carbocycles. The number of carbonyl (C=O) groups is 2. The van der Waals surface area contributed by atoms with Crippen LogP contribution in [0.25, 0.3) is 10.4 Å². The van der Waals surface area contributed by atoms with Gasteiger partial charge in [0, 0.05) is 25.0 Å². The second-order valence-electron chi connectivity index (χ2n) is 7.41. The van der Waals surface area contributed by atoms with E-state index in [0.717, 1.165) is 46.7 Å². The van der Waals surface area contributed by atoms with Crippen LogP contribution in [0.1, 0.15) is 52.7 Å². The smallest absolute Gasteiger partial charge is 0.404 e. The number of aromatic nitrogens is 1. The number of rotatable bonds is 4. The summed E-state index contributed by atoms with van der Waals surface area (Å²) < 4.78 is 0. The maximum absolute atomic E-state index is 13.3. The van der Waals surface area contributed by atoms with Crippen molar-refractivity contribution in [3.63, 3.8) is 0 Å². The van der Waals surface area contributed by atoms with Crippen molar-refractivity contribution in [1.29, 1.82) is 0 Å². The Bertz CT molecular complexity index is 875. The Morgan fingerprint density at radius 2 is 2.11 bits per heavy atom. The summed E-state index contributed by atoms with van der Waals surface area (Å²) in [5, 5.41) is 12.5. The van der Waals surface area contributed by atoms with Crippen LogP contribution < -0.4 is 5.32 Å². The highest BCUT2D eigenvalue weighted by Gasteiger charge is 2.33. The molecule has 7 heteroatoms. The second kappa shape index (κ2) is 7.31.